The van der Waals surface area contributed by atoms with Gasteiger partial charge in [0, 0.05) is 16.6 Å². The van der Waals surface area contributed by atoms with Crippen molar-refractivity contribution in [3.05, 3.63) is 34.1 Å². The van der Waals surface area contributed by atoms with Crippen molar-refractivity contribution in [3.8, 4) is 6.07 Å². The largest absolute Gasteiger partial charge is 0.379 e. The zero-order chi connectivity index (χ0) is 10.9. The quantitative estimate of drug-likeness (QED) is 0.786. The second-order valence-corrected chi connectivity index (χ2v) is 4.54. The lowest BCUT2D eigenvalue weighted by Crippen LogP contribution is -2.25. The predicted molar refractivity (Wildman–Crippen MR) is 56.8 cm³/mol. The maximum Gasteiger partial charge on any atom is 0.129 e. The number of hydrogen-bond donors (Lipinski definition) is 0. The third-order valence-corrected chi connectivity index (χ3v) is 3.18. The highest BCUT2D eigenvalue weighted by molar-refractivity contribution is 9.10. The van der Waals surface area contributed by atoms with Crippen LogP contribution in [0.15, 0.2) is 22.7 Å². The van der Waals surface area contributed by atoms with Gasteiger partial charge in [-0.05, 0) is 18.6 Å². The van der Waals surface area contributed by atoms with Crippen molar-refractivity contribution in [1.82, 2.24) is 0 Å². The van der Waals surface area contributed by atoms with Crippen LogP contribution in [0.5, 0.6) is 0 Å². The van der Waals surface area contributed by atoms with E-state index in [1.54, 1.807) is 12.1 Å². The van der Waals surface area contributed by atoms with Crippen molar-refractivity contribution in [2.75, 3.05) is 13.2 Å². The van der Waals surface area contributed by atoms with E-state index in [1.807, 2.05) is 0 Å². The molecule has 1 heterocycles. The number of nitriles is 1. The van der Waals surface area contributed by atoms with Crippen LogP contribution in [-0.2, 0) is 10.2 Å². The van der Waals surface area contributed by atoms with Crippen molar-refractivity contribution >= 4 is 15.9 Å². The molecule has 2 rings (SSSR count). The summed E-state index contributed by atoms with van der Waals surface area (Å²) in [5, 5.41) is 9.16. The third-order valence-electron chi connectivity index (χ3n) is 2.68. The van der Waals surface area contributed by atoms with Crippen molar-refractivity contribution < 1.29 is 9.13 Å². The number of hydrogen-bond acceptors (Lipinski definition) is 2. The highest BCUT2D eigenvalue weighted by Gasteiger charge is 2.39. The van der Waals surface area contributed by atoms with E-state index in [-0.39, 0.29) is 12.4 Å². The highest BCUT2D eigenvalue weighted by atomic mass is 79.9. The summed E-state index contributed by atoms with van der Waals surface area (Å²) in [5.41, 5.74) is -0.365. The van der Waals surface area contributed by atoms with E-state index < -0.39 is 5.41 Å². The summed E-state index contributed by atoms with van der Waals surface area (Å²) in [6.45, 7) is 0.797. The Hall–Kier alpha value is -0.920. The molecule has 1 aliphatic rings. The molecule has 78 valence electrons. The number of rotatable bonds is 1. The Balaban J connectivity index is 2.48. The van der Waals surface area contributed by atoms with E-state index >= 15 is 0 Å². The average Bonchev–Trinajstić information content (AvgIpc) is 2.67. The normalized spacial score (nSPS) is 25.1. The standard InChI is InChI=1S/C11H9BrFNO/c12-8-1-2-9(10(13)5-8)11(6-14)3-4-15-7-11/h1-2,5H,3-4,7H2. The fraction of sp³-hybridized carbons (Fsp3) is 0.364. The minimum absolute atomic E-state index is 0.280. The van der Waals surface area contributed by atoms with Gasteiger partial charge in [-0.3, -0.25) is 0 Å². The zero-order valence-electron chi connectivity index (χ0n) is 7.96. The minimum Gasteiger partial charge on any atom is -0.379 e. The highest BCUT2D eigenvalue weighted by Crippen LogP contribution is 2.34. The van der Waals surface area contributed by atoms with Crippen molar-refractivity contribution in [3.63, 3.8) is 0 Å². The fourth-order valence-electron chi connectivity index (χ4n) is 1.80. The van der Waals surface area contributed by atoms with E-state index in [9.17, 15) is 4.39 Å². The molecule has 1 saturated heterocycles. The topological polar surface area (TPSA) is 33.0 Å². The van der Waals surface area contributed by atoms with E-state index in [4.69, 9.17) is 10.00 Å². The monoisotopic (exact) mass is 269 g/mol. The van der Waals surface area contributed by atoms with Crippen LogP contribution < -0.4 is 0 Å². The Kier molecular flexibility index (Phi) is 2.76. The Morgan fingerprint density at radius 3 is 2.87 bits per heavy atom. The van der Waals surface area contributed by atoms with E-state index in [0.717, 1.165) is 0 Å². The second kappa shape index (κ2) is 3.92. The lowest BCUT2D eigenvalue weighted by molar-refractivity contribution is 0.186. The first kappa shape index (κ1) is 10.6. The summed E-state index contributed by atoms with van der Waals surface area (Å²) in [4.78, 5) is 0. The Morgan fingerprint density at radius 2 is 2.33 bits per heavy atom. The lowest BCUT2D eigenvalue weighted by atomic mass is 9.81. The molecule has 0 radical (unpaired) electrons. The summed E-state index contributed by atoms with van der Waals surface area (Å²) in [7, 11) is 0. The molecule has 0 aromatic heterocycles. The molecule has 4 heteroatoms. The number of halogens is 2. The first-order chi connectivity index (χ1) is 7.18. The summed E-state index contributed by atoms with van der Waals surface area (Å²) in [6, 6.07) is 6.95. The van der Waals surface area contributed by atoms with Crippen molar-refractivity contribution in [2.45, 2.75) is 11.8 Å². The van der Waals surface area contributed by atoms with Crippen molar-refractivity contribution in [2.24, 2.45) is 0 Å². The average molecular weight is 270 g/mol. The summed E-state index contributed by atoms with van der Waals surface area (Å²) in [6.07, 6.45) is 0.558. The van der Waals surface area contributed by atoms with Gasteiger partial charge in [-0.2, -0.15) is 5.26 Å². The minimum atomic E-state index is -0.801. The summed E-state index contributed by atoms with van der Waals surface area (Å²) in [5.74, 6) is -0.351. The molecule has 0 bridgehead atoms. The molecule has 2 nitrogen and oxygen atoms in total. The summed E-state index contributed by atoms with van der Waals surface area (Å²) >= 11 is 3.19. The van der Waals surface area contributed by atoms with Crippen LogP contribution in [0.3, 0.4) is 0 Å². The molecule has 1 unspecified atom stereocenters. The van der Waals surface area contributed by atoms with Crippen LogP contribution in [0.1, 0.15) is 12.0 Å². The van der Waals surface area contributed by atoms with Gasteiger partial charge >= 0.3 is 0 Å². The Bertz CT molecular complexity index is 421. The predicted octanol–water partition coefficient (Wildman–Crippen LogP) is 2.77. The fourth-order valence-corrected chi connectivity index (χ4v) is 2.14. The molecular formula is C11H9BrFNO. The van der Waals surface area contributed by atoms with Crippen LogP contribution >= 0.6 is 15.9 Å². The van der Waals surface area contributed by atoms with Crippen LogP contribution in [0.4, 0.5) is 4.39 Å². The molecule has 0 saturated carbocycles. The number of ether oxygens (including phenoxy) is 1. The first-order valence-electron chi connectivity index (χ1n) is 4.62. The maximum absolute atomic E-state index is 13.7. The van der Waals surface area contributed by atoms with Crippen molar-refractivity contribution in [1.29, 1.82) is 5.26 Å². The number of nitrogens with zero attached hydrogens (tertiary/aromatic N) is 1. The molecule has 1 fully saturated rings. The van der Waals surface area contributed by atoms with Gasteiger partial charge in [0.1, 0.15) is 11.2 Å². The van der Waals surface area contributed by atoms with Gasteiger partial charge in [0.15, 0.2) is 0 Å². The van der Waals surface area contributed by atoms with Gasteiger partial charge in [0.05, 0.1) is 12.7 Å². The second-order valence-electron chi connectivity index (χ2n) is 3.62. The third kappa shape index (κ3) is 1.77. The SMILES string of the molecule is N#CC1(c2ccc(Br)cc2F)CCOC1. The molecular weight excluding hydrogens is 261 g/mol. The van der Waals surface area contributed by atoms with E-state index in [2.05, 4.69) is 22.0 Å². The molecule has 15 heavy (non-hydrogen) atoms. The Labute approximate surface area is 95.8 Å². The van der Waals surface area contributed by atoms with Crippen LogP contribution in [0.25, 0.3) is 0 Å². The molecule has 1 aromatic rings. The van der Waals surface area contributed by atoms with Crippen LogP contribution in [0.2, 0.25) is 0 Å². The van der Waals surface area contributed by atoms with Gasteiger partial charge in [0.2, 0.25) is 0 Å². The molecule has 0 N–H and O–H groups in total. The van der Waals surface area contributed by atoms with Gasteiger partial charge < -0.3 is 4.74 Å². The molecule has 0 aliphatic carbocycles. The van der Waals surface area contributed by atoms with Gasteiger partial charge in [0.25, 0.3) is 0 Å². The Morgan fingerprint density at radius 1 is 1.53 bits per heavy atom. The van der Waals surface area contributed by atoms with Gasteiger partial charge in [-0.15, -0.1) is 0 Å². The van der Waals surface area contributed by atoms with Gasteiger partial charge in [-0.1, -0.05) is 22.0 Å². The first-order valence-corrected chi connectivity index (χ1v) is 5.42. The molecule has 1 atom stereocenters. The zero-order valence-corrected chi connectivity index (χ0v) is 9.55. The van der Waals surface area contributed by atoms with Crippen LogP contribution in [-0.4, -0.2) is 13.2 Å². The summed E-state index contributed by atoms with van der Waals surface area (Å²) < 4.78 is 19.6. The van der Waals surface area contributed by atoms with E-state index in [0.29, 0.717) is 23.1 Å². The molecule has 0 spiro atoms. The van der Waals surface area contributed by atoms with Crippen LogP contribution in [0, 0.1) is 17.1 Å². The van der Waals surface area contributed by atoms with Gasteiger partial charge in [-0.25, -0.2) is 4.39 Å². The molecule has 0 amide bonds. The molecule has 1 aliphatic heterocycles. The smallest absolute Gasteiger partial charge is 0.129 e. The number of benzene rings is 1. The van der Waals surface area contributed by atoms with E-state index in [1.165, 1.54) is 6.07 Å². The molecule has 1 aromatic carbocycles. The maximum atomic E-state index is 13.7. The lowest BCUT2D eigenvalue weighted by Gasteiger charge is -2.19.